The van der Waals surface area contributed by atoms with Crippen LogP contribution in [0.25, 0.3) is 0 Å². The molecule has 26 heavy (non-hydrogen) atoms. The number of fused-ring (bicyclic) bond motifs is 1. The van der Waals surface area contributed by atoms with Crippen LogP contribution in [0.3, 0.4) is 0 Å². The Balaban J connectivity index is 1.64. The normalized spacial score (nSPS) is 13.0. The number of aromatic nitrogens is 4. The third-order valence-electron chi connectivity index (χ3n) is 3.91. The number of amides is 3. The molecule has 2 aromatic carbocycles. The third-order valence-corrected chi connectivity index (χ3v) is 3.91. The Morgan fingerprint density at radius 2 is 1.62 bits per heavy atom. The monoisotopic (exact) mass is 348 g/mol. The van der Waals surface area contributed by atoms with Gasteiger partial charge in [0.05, 0.1) is 22.5 Å². The molecule has 0 aliphatic carbocycles. The number of hydrogen-bond donors (Lipinski definition) is 1. The van der Waals surface area contributed by atoms with E-state index < -0.39 is 11.8 Å². The van der Waals surface area contributed by atoms with Crippen LogP contribution in [0.1, 0.15) is 20.7 Å². The molecule has 2 heterocycles. The lowest BCUT2D eigenvalue weighted by atomic mass is 10.1. The summed E-state index contributed by atoms with van der Waals surface area (Å²) in [4.78, 5) is 38.6. The number of nitrogens with zero attached hydrogens (tertiary/aromatic N) is 5. The average molecular weight is 348 g/mol. The van der Waals surface area contributed by atoms with Gasteiger partial charge in [0.25, 0.3) is 11.8 Å². The van der Waals surface area contributed by atoms with Crippen LogP contribution in [-0.4, -0.2) is 37.9 Å². The van der Waals surface area contributed by atoms with Crippen LogP contribution in [-0.2, 0) is 11.3 Å². The van der Waals surface area contributed by atoms with E-state index in [0.717, 1.165) is 4.90 Å². The summed E-state index contributed by atoms with van der Waals surface area (Å²) in [5.74, 6) is -1.23. The van der Waals surface area contributed by atoms with Crippen molar-refractivity contribution in [2.45, 2.75) is 6.54 Å². The maximum absolute atomic E-state index is 12.7. The van der Waals surface area contributed by atoms with Gasteiger partial charge in [-0.1, -0.05) is 24.3 Å². The molecule has 0 unspecified atom stereocenters. The number of anilines is 2. The number of benzene rings is 2. The predicted molar refractivity (Wildman–Crippen MR) is 90.5 cm³/mol. The number of imide groups is 1. The lowest BCUT2D eigenvalue weighted by molar-refractivity contribution is -0.116. The van der Waals surface area contributed by atoms with E-state index in [1.54, 1.807) is 48.5 Å². The van der Waals surface area contributed by atoms with Crippen molar-refractivity contribution in [1.29, 1.82) is 0 Å². The second-order valence-electron chi connectivity index (χ2n) is 5.56. The summed E-state index contributed by atoms with van der Waals surface area (Å²) < 4.78 is 1.26. The van der Waals surface area contributed by atoms with Crippen molar-refractivity contribution in [3.05, 3.63) is 66.0 Å². The number of rotatable bonds is 4. The highest BCUT2D eigenvalue weighted by Crippen LogP contribution is 2.33. The fourth-order valence-corrected chi connectivity index (χ4v) is 2.77. The van der Waals surface area contributed by atoms with Gasteiger partial charge in [-0.25, -0.2) is 9.58 Å². The minimum absolute atomic E-state index is 0.0938. The van der Waals surface area contributed by atoms with Crippen LogP contribution >= 0.6 is 0 Å². The van der Waals surface area contributed by atoms with Crippen molar-refractivity contribution in [3.63, 3.8) is 0 Å². The van der Waals surface area contributed by atoms with Crippen LogP contribution in [0.4, 0.5) is 11.4 Å². The SMILES string of the molecule is O=C(Cn1cnnn1)Nc1ccccc1N1C(=O)c2ccccc2C1=O. The van der Waals surface area contributed by atoms with Crippen molar-refractivity contribution >= 4 is 29.1 Å². The van der Waals surface area contributed by atoms with Crippen molar-refractivity contribution < 1.29 is 14.4 Å². The molecule has 0 spiro atoms. The summed E-state index contributed by atoms with van der Waals surface area (Å²) in [5, 5.41) is 13.2. The van der Waals surface area contributed by atoms with Gasteiger partial charge in [-0.15, -0.1) is 5.10 Å². The number of carbonyl (C=O) groups excluding carboxylic acids is 3. The van der Waals surface area contributed by atoms with E-state index in [4.69, 9.17) is 0 Å². The first-order valence-electron chi connectivity index (χ1n) is 7.72. The Hall–Kier alpha value is -3.88. The molecule has 1 aliphatic heterocycles. The van der Waals surface area contributed by atoms with Crippen LogP contribution in [0.15, 0.2) is 54.9 Å². The zero-order chi connectivity index (χ0) is 18.1. The topological polar surface area (TPSA) is 110 Å². The maximum atomic E-state index is 12.7. The van der Waals surface area contributed by atoms with Gasteiger partial charge in [0, 0.05) is 0 Å². The van der Waals surface area contributed by atoms with Gasteiger partial charge in [0.2, 0.25) is 5.91 Å². The van der Waals surface area contributed by atoms with E-state index in [0.29, 0.717) is 22.5 Å². The summed E-state index contributed by atoms with van der Waals surface area (Å²) in [6.45, 7) is -0.0938. The molecule has 9 heteroatoms. The Labute approximate surface area is 147 Å². The van der Waals surface area contributed by atoms with Crippen molar-refractivity contribution in [3.8, 4) is 0 Å². The van der Waals surface area contributed by atoms with Gasteiger partial charge in [0.15, 0.2) is 0 Å². The van der Waals surface area contributed by atoms with Gasteiger partial charge in [0.1, 0.15) is 12.9 Å². The van der Waals surface area contributed by atoms with Crippen molar-refractivity contribution in [1.82, 2.24) is 20.2 Å². The third kappa shape index (κ3) is 2.61. The van der Waals surface area contributed by atoms with Gasteiger partial charge in [-0.2, -0.15) is 0 Å². The molecular weight excluding hydrogens is 336 g/mol. The molecule has 4 rings (SSSR count). The van der Waals surface area contributed by atoms with E-state index >= 15 is 0 Å². The fourth-order valence-electron chi connectivity index (χ4n) is 2.77. The Kier molecular flexibility index (Phi) is 3.73. The van der Waals surface area contributed by atoms with Crippen molar-refractivity contribution in [2.24, 2.45) is 0 Å². The Morgan fingerprint density at radius 1 is 0.962 bits per heavy atom. The molecule has 0 atom stereocenters. The molecule has 0 saturated carbocycles. The molecule has 3 aromatic rings. The number of hydrogen-bond acceptors (Lipinski definition) is 6. The highest BCUT2D eigenvalue weighted by Gasteiger charge is 2.37. The van der Waals surface area contributed by atoms with Crippen LogP contribution < -0.4 is 10.2 Å². The molecule has 3 amide bonds. The summed E-state index contributed by atoms with van der Waals surface area (Å²) in [6, 6.07) is 13.2. The second-order valence-corrected chi connectivity index (χ2v) is 5.56. The van der Waals surface area contributed by atoms with Gasteiger partial charge in [-0.3, -0.25) is 14.4 Å². The Morgan fingerprint density at radius 3 is 2.27 bits per heavy atom. The molecule has 0 radical (unpaired) electrons. The molecular formula is C17H12N6O3. The lowest BCUT2D eigenvalue weighted by Crippen LogP contribution is -2.31. The molecule has 1 N–H and O–H groups in total. The second kappa shape index (κ2) is 6.20. The maximum Gasteiger partial charge on any atom is 0.266 e. The minimum atomic E-state index is -0.423. The van der Waals surface area contributed by atoms with E-state index in [-0.39, 0.29) is 12.5 Å². The van der Waals surface area contributed by atoms with E-state index in [2.05, 4.69) is 20.8 Å². The first kappa shape index (κ1) is 15.6. The van der Waals surface area contributed by atoms with Crippen LogP contribution in [0.5, 0.6) is 0 Å². The zero-order valence-electron chi connectivity index (χ0n) is 13.4. The molecule has 128 valence electrons. The van der Waals surface area contributed by atoms with E-state index in [9.17, 15) is 14.4 Å². The largest absolute Gasteiger partial charge is 0.323 e. The molecule has 9 nitrogen and oxygen atoms in total. The van der Waals surface area contributed by atoms with Gasteiger partial charge in [-0.05, 0) is 34.7 Å². The summed E-state index contributed by atoms with van der Waals surface area (Å²) in [7, 11) is 0. The number of nitrogens with one attached hydrogen (secondary N) is 1. The molecule has 1 aromatic heterocycles. The number of carbonyl (C=O) groups is 3. The minimum Gasteiger partial charge on any atom is -0.323 e. The molecule has 0 fully saturated rings. The van der Waals surface area contributed by atoms with E-state index in [1.807, 2.05) is 0 Å². The quantitative estimate of drug-likeness (QED) is 0.707. The molecule has 0 bridgehead atoms. The van der Waals surface area contributed by atoms with E-state index in [1.165, 1.54) is 11.0 Å². The predicted octanol–water partition coefficient (Wildman–Crippen LogP) is 1.11. The van der Waals surface area contributed by atoms with Gasteiger partial charge < -0.3 is 5.32 Å². The zero-order valence-corrected chi connectivity index (χ0v) is 13.4. The summed E-state index contributed by atoms with van der Waals surface area (Å²) in [6.07, 6.45) is 1.32. The average Bonchev–Trinajstić information content (AvgIpc) is 3.23. The first-order valence-corrected chi connectivity index (χ1v) is 7.72. The smallest absolute Gasteiger partial charge is 0.266 e. The number of para-hydroxylation sites is 2. The highest BCUT2D eigenvalue weighted by atomic mass is 16.2. The Bertz CT molecular complexity index is 980. The summed E-state index contributed by atoms with van der Waals surface area (Å²) in [5.41, 5.74) is 1.34. The highest BCUT2D eigenvalue weighted by molar-refractivity contribution is 6.35. The number of tetrazole rings is 1. The van der Waals surface area contributed by atoms with Crippen molar-refractivity contribution in [2.75, 3.05) is 10.2 Å². The molecule has 1 aliphatic rings. The summed E-state index contributed by atoms with van der Waals surface area (Å²) >= 11 is 0. The fraction of sp³-hybridized carbons (Fsp3) is 0.0588. The lowest BCUT2D eigenvalue weighted by Gasteiger charge is -2.18. The van der Waals surface area contributed by atoms with Crippen LogP contribution in [0.2, 0.25) is 0 Å². The van der Waals surface area contributed by atoms with Crippen LogP contribution in [0, 0.1) is 0 Å². The first-order chi connectivity index (χ1) is 12.6. The molecule has 0 saturated heterocycles. The standard InChI is InChI=1S/C17H12N6O3/c24-15(9-22-10-18-20-21-22)19-13-7-3-4-8-14(13)23-16(25)11-5-1-2-6-12(11)17(23)26/h1-8,10H,9H2,(H,19,24). The van der Waals surface area contributed by atoms with Gasteiger partial charge >= 0.3 is 0 Å².